The number of hydrogen-bond acceptors (Lipinski definition) is 1. The molecule has 0 radical (unpaired) electrons. The number of nitrogens with zero attached hydrogens (tertiary/aromatic N) is 1. The van der Waals surface area contributed by atoms with Crippen LogP contribution in [-0.2, 0) is 6.54 Å². The van der Waals surface area contributed by atoms with Crippen molar-refractivity contribution in [1.82, 2.24) is 4.57 Å². The van der Waals surface area contributed by atoms with Gasteiger partial charge in [-0.05, 0) is 26.3 Å². The first kappa shape index (κ1) is 11.8. The summed E-state index contributed by atoms with van der Waals surface area (Å²) in [4.78, 5) is 10.9. The van der Waals surface area contributed by atoms with Crippen LogP contribution < -0.4 is 0 Å². The maximum Gasteiger partial charge on any atom is 0.337 e. The second-order valence-corrected chi connectivity index (χ2v) is 3.95. The van der Waals surface area contributed by atoms with Crippen LogP contribution in [0.25, 0.3) is 0 Å². The van der Waals surface area contributed by atoms with Crippen molar-refractivity contribution in [3.8, 4) is 0 Å². The van der Waals surface area contributed by atoms with Crippen molar-refractivity contribution >= 4 is 5.97 Å². The smallest absolute Gasteiger partial charge is 0.337 e. The predicted molar refractivity (Wildman–Crippen MR) is 60.4 cm³/mol. The number of aryl methyl sites for hydroxylation is 1. The third kappa shape index (κ3) is 2.61. The van der Waals surface area contributed by atoms with E-state index in [1.807, 2.05) is 13.8 Å². The Labute approximate surface area is 90.7 Å². The number of rotatable bonds is 5. The van der Waals surface area contributed by atoms with Gasteiger partial charge in [0.05, 0.1) is 5.56 Å². The lowest BCUT2D eigenvalue weighted by molar-refractivity contribution is 0.0696. The summed E-state index contributed by atoms with van der Waals surface area (Å²) in [5.41, 5.74) is 2.35. The van der Waals surface area contributed by atoms with Gasteiger partial charge in [0.2, 0.25) is 0 Å². The molecule has 0 atom stereocenters. The zero-order chi connectivity index (χ0) is 11.4. The third-order valence-electron chi connectivity index (χ3n) is 2.79. The highest BCUT2D eigenvalue weighted by molar-refractivity contribution is 5.89. The summed E-state index contributed by atoms with van der Waals surface area (Å²) < 4.78 is 2.10. The van der Waals surface area contributed by atoms with Gasteiger partial charge in [-0.25, -0.2) is 4.79 Å². The second-order valence-electron chi connectivity index (χ2n) is 3.95. The maximum absolute atomic E-state index is 10.9. The van der Waals surface area contributed by atoms with Crippen LogP contribution in [0.4, 0.5) is 0 Å². The van der Waals surface area contributed by atoms with E-state index in [2.05, 4.69) is 11.5 Å². The molecule has 0 aromatic carbocycles. The molecule has 0 fully saturated rings. The van der Waals surface area contributed by atoms with Crippen LogP contribution >= 0.6 is 0 Å². The van der Waals surface area contributed by atoms with Gasteiger partial charge in [0, 0.05) is 17.9 Å². The SMILES string of the molecule is CCCCCn1c(C)cc(C(=O)O)c1C. The zero-order valence-electron chi connectivity index (χ0n) is 9.71. The zero-order valence-corrected chi connectivity index (χ0v) is 9.71. The van der Waals surface area contributed by atoms with Gasteiger partial charge in [0.1, 0.15) is 0 Å². The van der Waals surface area contributed by atoms with Crippen molar-refractivity contribution in [3.05, 3.63) is 23.0 Å². The Kier molecular flexibility index (Phi) is 3.95. The van der Waals surface area contributed by atoms with Crippen molar-refractivity contribution in [2.24, 2.45) is 0 Å². The minimum Gasteiger partial charge on any atom is -0.478 e. The summed E-state index contributed by atoms with van der Waals surface area (Å²) in [5.74, 6) is -0.829. The summed E-state index contributed by atoms with van der Waals surface area (Å²) in [7, 11) is 0. The Hall–Kier alpha value is -1.25. The number of aromatic carboxylic acids is 1. The fraction of sp³-hybridized carbons (Fsp3) is 0.583. The molecule has 1 aromatic rings. The monoisotopic (exact) mass is 209 g/mol. The molecule has 3 nitrogen and oxygen atoms in total. The van der Waals surface area contributed by atoms with Crippen LogP contribution in [0.5, 0.6) is 0 Å². The molecule has 1 aromatic heterocycles. The first-order valence-electron chi connectivity index (χ1n) is 5.48. The molecule has 0 spiro atoms. The van der Waals surface area contributed by atoms with Crippen molar-refractivity contribution in [3.63, 3.8) is 0 Å². The van der Waals surface area contributed by atoms with Crippen LogP contribution in [0.1, 0.15) is 47.9 Å². The lowest BCUT2D eigenvalue weighted by atomic mass is 10.2. The van der Waals surface area contributed by atoms with Crippen molar-refractivity contribution in [2.45, 2.75) is 46.6 Å². The fourth-order valence-electron chi connectivity index (χ4n) is 1.88. The Morgan fingerprint density at radius 2 is 2.07 bits per heavy atom. The predicted octanol–water partition coefficient (Wildman–Crippen LogP) is 2.99. The molecule has 1 heterocycles. The van der Waals surface area contributed by atoms with Gasteiger partial charge in [0.25, 0.3) is 0 Å². The highest BCUT2D eigenvalue weighted by Gasteiger charge is 2.13. The first-order valence-corrected chi connectivity index (χ1v) is 5.48. The number of carboxylic acid groups (broad SMARTS) is 1. The molecule has 0 saturated carbocycles. The lowest BCUT2D eigenvalue weighted by Crippen LogP contribution is -2.04. The van der Waals surface area contributed by atoms with Gasteiger partial charge in [-0.3, -0.25) is 0 Å². The minimum atomic E-state index is -0.829. The van der Waals surface area contributed by atoms with Gasteiger partial charge in [-0.15, -0.1) is 0 Å². The van der Waals surface area contributed by atoms with Crippen molar-refractivity contribution < 1.29 is 9.90 Å². The molecule has 0 amide bonds. The Bertz CT molecular complexity index is 353. The molecule has 0 bridgehead atoms. The molecule has 1 N–H and O–H groups in total. The number of aromatic nitrogens is 1. The van der Waals surface area contributed by atoms with E-state index in [0.717, 1.165) is 24.4 Å². The molecule has 0 saturated heterocycles. The van der Waals surface area contributed by atoms with Gasteiger partial charge in [-0.2, -0.15) is 0 Å². The molecule has 0 aliphatic rings. The van der Waals surface area contributed by atoms with E-state index in [-0.39, 0.29) is 0 Å². The van der Waals surface area contributed by atoms with Gasteiger partial charge < -0.3 is 9.67 Å². The first-order chi connectivity index (χ1) is 7.07. The quantitative estimate of drug-likeness (QED) is 0.757. The molecule has 84 valence electrons. The lowest BCUT2D eigenvalue weighted by Gasteiger charge is -2.08. The van der Waals surface area contributed by atoms with E-state index in [4.69, 9.17) is 5.11 Å². The highest BCUT2D eigenvalue weighted by atomic mass is 16.4. The van der Waals surface area contributed by atoms with E-state index in [1.54, 1.807) is 6.07 Å². The minimum absolute atomic E-state index is 0.434. The molecule has 1 rings (SSSR count). The fourth-order valence-corrected chi connectivity index (χ4v) is 1.88. The summed E-state index contributed by atoms with van der Waals surface area (Å²) in [6.07, 6.45) is 3.50. The second kappa shape index (κ2) is 5.01. The van der Waals surface area contributed by atoms with Crippen molar-refractivity contribution in [2.75, 3.05) is 0 Å². The Morgan fingerprint density at radius 3 is 2.53 bits per heavy atom. The number of carbonyl (C=O) groups is 1. The van der Waals surface area contributed by atoms with E-state index in [1.165, 1.54) is 12.8 Å². The Morgan fingerprint density at radius 1 is 1.40 bits per heavy atom. The van der Waals surface area contributed by atoms with E-state index in [9.17, 15) is 4.79 Å². The topological polar surface area (TPSA) is 42.2 Å². The van der Waals surface area contributed by atoms with E-state index >= 15 is 0 Å². The number of hydrogen-bond donors (Lipinski definition) is 1. The highest BCUT2D eigenvalue weighted by Crippen LogP contribution is 2.16. The van der Waals surface area contributed by atoms with Crippen LogP contribution in [0.3, 0.4) is 0 Å². The van der Waals surface area contributed by atoms with Crippen LogP contribution in [0, 0.1) is 13.8 Å². The molecule has 0 aliphatic carbocycles. The van der Waals surface area contributed by atoms with Gasteiger partial charge in [-0.1, -0.05) is 19.8 Å². The molecule has 0 unspecified atom stereocenters. The molecular weight excluding hydrogens is 190 g/mol. The summed E-state index contributed by atoms with van der Waals surface area (Å²) in [5, 5.41) is 8.96. The van der Waals surface area contributed by atoms with E-state index in [0.29, 0.717) is 5.56 Å². The summed E-state index contributed by atoms with van der Waals surface area (Å²) in [6, 6.07) is 1.75. The van der Waals surface area contributed by atoms with Crippen LogP contribution in [-0.4, -0.2) is 15.6 Å². The number of unbranched alkanes of at least 4 members (excludes halogenated alkanes) is 2. The molecule has 0 aliphatic heterocycles. The normalized spacial score (nSPS) is 10.6. The van der Waals surface area contributed by atoms with Gasteiger partial charge >= 0.3 is 5.97 Å². The standard InChI is InChI=1S/C12H19NO2/c1-4-5-6-7-13-9(2)8-11(10(13)3)12(14)15/h8H,4-7H2,1-3H3,(H,14,15). The average Bonchev–Trinajstić information content (AvgIpc) is 2.45. The Balaban J connectivity index is 2.83. The van der Waals surface area contributed by atoms with Crippen molar-refractivity contribution in [1.29, 1.82) is 0 Å². The number of carboxylic acids is 1. The van der Waals surface area contributed by atoms with Gasteiger partial charge in [0.15, 0.2) is 0 Å². The van der Waals surface area contributed by atoms with E-state index < -0.39 is 5.97 Å². The summed E-state index contributed by atoms with van der Waals surface area (Å²) in [6.45, 7) is 6.94. The maximum atomic E-state index is 10.9. The third-order valence-corrected chi connectivity index (χ3v) is 2.79. The van der Waals surface area contributed by atoms with Crippen LogP contribution in [0.2, 0.25) is 0 Å². The molecule has 3 heteroatoms. The molecule has 15 heavy (non-hydrogen) atoms. The average molecular weight is 209 g/mol. The molecular formula is C12H19NO2. The largest absolute Gasteiger partial charge is 0.478 e. The van der Waals surface area contributed by atoms with Crippen LogP contribution in [0.15, 0.2) is 6.07 Å². The summed E-state index contributed by atoms with van der Waals surface area (Å²) >= 11 is 0.